The van der Waals surface area contributed by atoms with Gasteiger partial charge in [-0.2, -0.15) is 10.1 Å². The fraction of sp³-hybridized carbons (Fsp3) is 0.333. The molecule has 0 fully saturated rings. The van der Waals surface area contributed by atoms with E-state index in [-0.39, 0.29) is 11.9 Å². The van der Waals surface area contributed by atoms with Gasteiger partial charge in [0.1, 0.15) is 6.33 Å². The quantitative estimate of drug-likeness (QED) is 0.735. The van der Waals surface area contributed by atoms with E-state index in [1.807, 2.05) is 55.8 Å². The first-order valence-electron chi connectivity index (χ1n) is 8.48. The SMILES string of the molecule is CCn1nc(C)c(NC(=O)C(C)Oc2ncn(-c3ccccc3)n2)c1C. The van der Waals surface area contributed by atoms with E-state index in [2.05, 4.69) is 20.5 Å². The van der Waals surface area contributed by atoms with E-state index < -0.39 is 6.10 Å². The molecule has 1 aromatic carbocycles. The number of carbonyl (C=O) groups excluding carboxylic acids is 1. The molecule has 3 rings (SSSR count). The summed E-state index contributed by atoms with van der Waals surface area (Å²) in [6, 6.07) is 9.71. The normalized spacial score (nSPS) is 12.0. The van der Waals surface area contributed by atoms with Crippen LogP contribution < -0.4 is 10.1 Å². The van der Waals surface area contributed by atoms with Gasteiger partial charge in [0.25, 0.3) is 5.91 Å². The van der Waals surface area contributed by atoms with Crippen molar-refractivity contribution in [1.29, 1.82) is 0 Å². The Kier molecular flexibility index (Phi) is 5.01. The summed E-state index contributed by atoms with van der Waals surface area (Å²) in [5.74, 6) is -0.275. The molecule has 3 aromatic rings. The minimum absolute atomic E-state index is 0.147. The standard InChI is InChI=1S/C18H22N6O2/c1-5-23-13(3)16(12(2)21-23)20-17(25)14(4)26-18-19-11-24(22-18)15-9-7-6-8-10-15/h6-11,14H,5H2,1-4H3,(H,20,25). The van der Waals surface area contributed by atoms with Crippen LogP contribution in [0.15, 0.2) is 36.7 Å². The highest BCUT2D eigenvalue weighted by atomic mass is 16.5. The predicted molar refractivity (Wildman–Crippen MR) is 97.5 cm³/mol. The summed E-state index contributed by atoms with van der Waals surface area (Å²) < 4.78 is 9.02. The van der Waals surface area contributed by atoms with E-state index in [0.29, 0.717) is 0 Å². The van der Waals surface area contributed by atoms with Crippen molar-refractivity contribution in [2.45, 2.75) is 40.3 Å². The Hall–Kier alpha value is -3.16. The zero-order valence-corrected chi connectivity index (χ0v) is 15.3. The molecule has 0 bridgehead atoms. The highest BCUT2D eigenvalue weighted by molar-refractivity contribution is 5.95. The minimum Gasteiger partial charge on any atom is -0.449 e. The second kappa shape index (κ2) is 7.38. The molecule has 8 heteroatoms. The van der Waals surface area contributed by atoms with E-state index in [1.165, 1.54) is 0 Å². The van der Waals surface area contributed by atoms with Crippen LogP contribution in [0.25, 0.3) is 5.69 Å². The van der Waals surface area contributed by atoms with Gasteiger partial charge < -0.3 is 10.1 Å². The Morgan fingerprint density at radius 3 is 2.62 bits per heavy atom. The Morgan fingerprint density at radius 1 is 1.23 bits per heavy atom. The maximum absolute atomic E-state index is 12.5. The molecule has 1 unspecified atom stereocenters. The van der Waals surface area contributed by atoms with Crippen molar-refractivity contribution in [3.63, 3.8) is 0 Å². The summed E-state index contributed by atoms with van der Waals surface area (Å²) >= 11 is 0. The molecule has 0 radical (unpaired) electrons. The number of aromatic nitrogens is 5. The number of hydrogen-bond acceptors (Lipinski definition) is 5. The lowest BCUT2D eigenvalue weighted by Crippen LogP contribution is -2.31. The number of aryl methyl sites for hydroxylation is 2. The summed E-state index contributed by atoms with van der Waals surface area (Å²) in [4.78, 5) is 16.6. The maximum Gasteiger partial charge on any atom is 0.336 e. The van der Waals surface area contributed by atoms with Gasteiger partial charge >= 0.3 is 6.01 Å². The molecule has 0 aliphatic rings. The summed E-state index contributed by atoms with van der Waals surface area (Å²) in [5, 5.41) is 11.5. The van der Waals surface area contributed by atoms with Crippen LogP contribution in [0.1, 0.15) is 25.2 Å². The number of nitrogens with one attached hydrogen (secondary N) is 1. The molecular weight excluding hydrogens is 332 g/mol. The van der Waals surface area contributed by atoms with Crippen molar-refractivity contribution in [2.75, 3.05) is 5.32 Å². The molecule has 26 heavy (non-hydrogen) atoms. The first-order chi connectivity index (χ1) is 12.5. The van der Waals surface area contributed by atoms with Gasteiger partial charge in [0.15, 0.2) is 6.10 Å². The molecule has 0 aliphatic heterocycles. The molecule has 8 nitrogen and oxygen atoms in total. The second-order valence-corrected chi connectivity index (χ2v) is 5.92. The minimum atomic E-state index is -0.745. The number of ether oxygens (including phenoxy) is 1. The van der Waals surface area contributed by atoms with E-state index in [4.69, 9.17) is 4.74 Å². The van der Waals surface area contributed by atoms with Crippen LogP contribution in [0.2, 0.25) is 0 Å². The van der Waals surface area contributed by atoms with Gasteiger partial charge in [-0.25, -0.2) is 4.68 Å². The topological polar surface area (TPSA) is 86.9 Å². The summed E-state index contributed by atoms with van der Waals surface area (Å²) in [7, 11) is 0. The van der Waals surface area contributed by atoms with Gasteiger partial charge in [0, 0.05) is 6.54 Å². The third kappa shape index (κ3) is 3.58. The number of carbonyl (C=O) groups is 1. The average molecular weight is 354 g/mol. The number of rotatable bonds is 6. The maximum atomic E-state index is 12.5. The van der Waals surface area contributed by atoms with Crippen molar-refractivity contribution < 1.29 is 9.53 Å². The zero-order valence-electron chi connectivity index (χ0n) is 15.3. The van der Waals surface area contributed by atoms with Crippen molar-refractivity contribution in [1.82, 2.24) is 24.5 Å². The molecular formula is C18H22N6O2. The van der Waals surface area contributed by atoms with Crippen LogP contribution in [-0.4, -0.2) is 36.6 Å². The van der Waals surface area contributed by atoms with E-state index >= 15 is 0 Å². The van der Waals surface area contributed by atoms with E-state index in [0.717, 1.165) is 29.3 Å². The molecule has 1 N–H and O–H groups in total. The third-order valence-corrected chi connectivity index (χ3v) is 4.07. The van der Waals surface area contributed by atoms with Crippen LogP contribution in [0, 0.1) is 13.8 Å². The zero-order chi connectivity index (χ0) is 18.7. The lowest BCUT2D eigenvalue weighted by Gasteiger charge is -2.12. The Balaban J connectivity index is 1.67. The second-order valence-electron chi connectivity index (χ2n) is 5.92. The van der Waals surface area contributed by atoms with Gasteiger partial charge in [0.2, 0.25) is 0 Å². The number of nitrogens with zero attached hydrogens (tertiary/aromatic N) is 5. The third-order valence-electron chi connectivity index (χ3n) is 4.07. The van der Waals surface area contributed by atoms with Crippen molar-refractivity contribution in [3.05, 3.63) is 48.0 Å². The summed E-state index contributed by atoms with van der Waals surface area (Å²) in [6.07, 6.45) is 0.805. The van der Waals surface area contributed by atoms with Gasteiger partial charge in [-0.05, 0) is 39.8 Å². The lowest BCUT2D eigenvalue weighted by atomic mass is 10.3. The van der Waals surface area contributed by atoms with Gasteiger partial charge in [-0.1, -0.05) is 18.2 Å². The van der Waals surface area contributed by atoms with Crippen LogP contribution in [0.3, 0.4) is 0 Å². The smallest absolute Gasteiger partial charge is 0.336 e. The van der Waals surface area contributed by atoms with Crippen molar-refractivity contribution in [2.24, 2.45) is 0 Å². The average Bonchev–Trinajstić information content (AvgIpc) is 3.22. The molecule has 136 valence electrons. The molecule has 0 saturated heterocycles. The number of benzene rings is 1. The van der Waals surface area contributed by atoms with Crippen LogP contribution in [0.5, 0.6) is 6.01 Å². The Morgan fingerprint density at radius 2 is 1.96 bits per heavy atom. The molecule has 0 aliphatic carbocycles. The number of hydrogen-bond donors (Lipinski definition) is 1. The predicted octanol–water partition coefficient (Wildman–Crippen LogP) is 2.51. The van der Waals surface area contributed by atoms with Crippen LogP contribution >= 0.6 is 0 Å². The van der Waals surface area contributed by atoms with Crippen LogP contribution in [-0.2, 0) is 11.3 Å². The monoisotopic (exact) mass is 354 g/mol. The van der Waals surface area contributed by atoms with E-state index in [1.54, 1.807) is 17.9 Å². The molecule has 2 heterocycles. The highest BCUT2D eigenvalue weighted by Crippen LogP contribution is 2.20. The first-order valence-corrected chi connectivity index (χ1v) is 8.48. The van der Waals surface area contributed by atoms with Crippen molar-refractivity contribution in [3.8, 4) is 11.7 Å². The van der Waals surface area contributed by atoms with E-state index in [9.17, 15) is 4.79 Å². The number of para-hydroxylation sites is 1. The highest BCUT2D eigenvalue weighted by Gasteiger charge is 2.20. The Bertz CT molecular complexity index is 900. The van der Waals surface area contributed by atoms with Gasteiger partial charge in [-0.15, -0.1) is 5.10 Å². The van der Waals surface area contributed by atoms with Crippen LogP contribution in [0.4, 0.5) is 5.69 Å². The fourth-order valence-corrected chi connectivity index (χ4v) is 2.63. The molecule has 0 saturated carbocycles. The number of anilines is 1. The lowest BCUT2D eigenvalue weighted by molar-refractivity contribution is -0.122. The van der Waals surface area contributed by atoms with Gasteiger partial charge in [-0.3, -0.25) is 9.48 Å². The van der Waals surface area contributed by atoms with Gasteiger partial charge in [0.05, 0.1) is 22.8 Å². The number of amides is 1. The largest absolute Gasteiger partial charge is 0.449 e. The molecule has 0 spiro atoms. The molecule has 2 aromatic heterocycles. The first kappa shape index (κ1) is 17.7. The molecule has 1 atom stereocenters. The fourth-order valence-electron chi connectivity index (χ4n) is 2.63. The van der Waals surface area contributed by atoms with Crippen molar-refractivity contribution >= 4 is 11.6 Å². The Labute approximate surface area is 151 Å². The molecule has 1 amide bonds. The summed E-state index contributed by atoms with van der Waals surface area (Å²) in [6.45, 7) is 8.20. The summed E-state index contributed by atoms with van der Waals surface area (Å²) in [5.41, 5.74) is 3.27.